The summed E-state index contributed by atoms with van der Waals surface area (Å²) >= 11 is 1.56. The zero-order valence-electron chi connectivity index (χ0n) is 16.4. The number of nitrogens with one attached hydrogen (secondary N) is 1. The third kappa shape index (κ3) is 3.72. The lowest BCUT2D eigenvalue weighted by Crippen LogP contribution is -2.28. The van der Waals surface area contributed by atoms with Gasteiger partial charge in [-0.05, 0) is 48.3 Å². The number of methoxy groups -OCH3 is 1. The van der Waals surface area contributed by atoms with Crippen LogP contribution in [0.3, 0.4) is 0 Å². The smallest absolute Gasteiger partial charge is 0.260 e. The van der Waals surface area contributed by atoms with Crippen LogP contribution in [-0.4, -0.2) is 13.0 Å². The lowest BCUT2D eigenvalue weighted by molar-refractivity contribution is 0.102. The number of amides is 1. The van der Waals surface area contributed by atoms with Crippen LogP contribution in [0.1, 0.15) is 60.0 Å². The molecular formula is C22H26N2O2S. The van der Waals surface area contributed by atoms with Gasteiger partial charge >= 0.3 is 0 Å². The van der Waals surface area contributed by atoms with E-state index in [0.29, 0.717) is 27.8 Å². The SMILES string of the molecule is CCC(C)(C)C1CCc2c(sc(NC(=O)c3ccccc3OC)c2C#N)C1. The fraction of sp³-hybridized carbons (Fsp3) is 0.455. The van der Waals surface area contributed by atoms with Crippen molar-refractivity contribution in [2.24, 2.45) is 11.3 Å². The zero-order valence-corrected chi connectivity index (χ0v) is 17.2. The van der Waals surface area contributed by atoms with Crippen molar-refractivity contribution >= 4 is 22.2 Å². The minimum atomic E-state index is -0.243. The van der Waals surface area contributed by atoms with E-state index in [0.717, 1.165) is 31.2 Å². The molecule has 0 saturated heterocycles. The lowest BCUT2D eigenvalue weighted by atomic mass is 9.69. The summed E-state index contributed by atoms with van der Waals surface area (Å²) in [7, 11) is 1.55. The van der Waals surface area contributed by atoms with E-state index in [4.69, 9.17) is 4.74 Å². The fourth-order valence-electron chi connectivity index (χ4n) is 3.75. The molecule has 5 heteroatoms. The predicted molar refractivity (Wildman–Crippen MR) is 110 cm³/mol. The van der Waals surface area contributed by atoms with E-state index in [1.807, 2.05) is 6.07 Å². The molecule has 1 unspecified atom stereocenters. The molecule has 1 aliphatic carbocycles. The Balaban J connectivity index is 1.88. The Hall–Kier alpha value is -2.32. The number of fused-ring (bicyclic) bond motifs is 1. The Bertz CT molecular complexity index is 892. The maximum atomic E-state index is 12.8. The van der Waals surface area contributed by atoms with Gasteiger partial charge in [-0.1, -0.05) is 39.3 Å². The molecular weight excluding hydrogens is 356 g/mol. The average molecular weight is 383 g/mol. The molecule has 1 atom stereocenters. The highest BCUT2D eigenvalue weighted by molar-refractivity contribution is 7.16. The first kappa shape index (κ1) is 19.4. The van der Waals surface area contributed by atoms with E-state index in [1.54, 1.807) is 36.6 Å². The second kappa shape index (κ2) is 7.74. The number of benzene rings is 1. The number of nitrogens with zero attached hydrogens (tertiary/aromatic N) is 1. The summed E-state index contributed by atoms with van der Waals surface area (Å²) in [6.45, 7) is 6.89. The van der Waals surface area contributed by atoms with Gasteiger partial charge in [0.2, 0.25) is 0 Å². The first-order valence-electron chi connectivity index (χ1n) is 9.40. The average Bonchev–Trinajstić information content (AvgIpc) is 3.03. The van der Waals surface area contributed by atoms with Gasteiger partial charge in [0, 0.05) is 4.88 Å². The molecule has 0 spiro atoms. The highest BCUT2D eigenvalue weighted by Crippen LogP contribution is 2.45. The van der Waals surface area contributed by atoms with Crippen LogP contribution in [-0.2, 0) is 12.8 Å². The molecule has 1 aromatic carbocycles. The highest BCUT2D eigenvalue weighted by Gasteiger charge is 2.34. The van der Waals surface area contributed by atoms with Crippen molar-refractivity contribution in [3.63, 3.8) is 0 Å². The first-order chi connectivity index (χ1) is 12.9. The second-order valence-corrected chi connectivity index (χ2v) is 8.86. The van der Waals surface area contributed by atoms with Gasteiger partial charge in [0.15, 0.2) is 0 Å². The summed E-state index contributed by atoms with van der Waals surface area (Å²) in [5, 5.41) is 13.3. The summed E-state index contributed by atoms with van der Waals surface area (Å²) in [5.74, 6) is 0.894. The molecule has 3 rings (SSSR count). The van der Waals surface area contributed by atoms with Gasteiger partial charge in [0.05, 0.1) is 18.2 Å². The number of carbonyl (C=O) groups excluding carboxylic acids is 1. The molecule has 1 aliphatic rings. The van der Waals surface area contributed by atoms with Crippen LogP contribution in [0.4, 0.5) is 5.00 Å². The van der Waals surface area contributed by atoms with Crippen LogP contribution in [0.2, 0.25) is 0 Å². The molecule has 27 heavy (non-hydrogen) atoms. The molecule has 2 aromatic rings. The predicted octanol–water partition coefficient (Wildman–Crippen LogP) is 5.42. The van der Waals surface area contributed by atoms with Gasteiger partial charge < -0.3 is 10.1 Å². The molecule has 4 nitrogen and oxygen atoms in total. The molecule has 1 heterocycles. The molecule has 0 aliphatic heterocycles. The van der Waals surface area contributed by atoms with Crippen LogP contribution >= 0.6 is 11.3 Å². The third-order valence-electron chi connectivity index (χ3n) is 5.97. The standard InChI is InChI=1S/C22H26N2O2S/c1-5-22(2,3)14-10-11-15-17(13-23)21(27-19(15)12-14)24-20(25)16-8-6-7-9-18(16)26-4/h6-9,14H,5,10-12H2,1-4H3,(H,24,25). The van der Waals surface area contributed by atoms with Gasteiger partial charge in [-0.2, -0.15) is 5.26 Å². The third-order valence-corrected chi connectivity index (χ3v) is 7.14. The van der Waals surface area contributed by atoms with Crippen molar-refractivity contribution in [3.8, 4) is 11.8 Å². The van der Waals surface area contributed by atoms with E-state index in [-0.39, 0.29) is 11.3 Å². The normalized spacial score (nSPS) is 16.3. The number of anilines is 1. The maximum Gasteiger partial charge on any atom is 0.260 e. The Morgan fingerprint density at radius 2 is 2.15 bits per heavy atom. The number of para-hydroxylation sites is 1. The number of hydrogen-bond acceptors (Lipinski definition) is 4. The minimum absolute atomic E-state index is 0.243. The van der Waals surface area contributed by atoms with Crippen LogP contribution in [0.5, 0.6) is 5.75 Å². The molecule has 0 bridgehead atoms. The molecule has 1 aromatic heterocycles. The summed E-state index contributed by atoms with van der Waals surface area (Å²) < 4.78 is 5.28. The van der Waals surface area contributed by atoms with Crippen molar-refractivity contribution in [2.75, 3.05) is 12.4 Å². The van der Waals surface area contributed by atoms with E-state index in [9.17, 15) is 10.1 Å². The number of nitriles is 1. The van der Waals surface area contributed by atoms with Crippen LogP contribution < -0.4 is 10.1 Å². The Morgan fingerprint density at radius 3 is 2.81 bits per heavy atom. The minimum Gasteiger partial charge on any atom is -0.496 e. The van der Waals surface area contributed by atoms with Gasteiger partial charge in [0.25, 0.3) is 5.91 Å². The molecule has 0 saturated carbocycles. The Morgan fingerprint density at radius 1 is 1.41 bits per heavy atom. The van der Waals surface area contributed by atoms with Crippen molar-refractivity contribution in [1.29, 1.82) is 5.26 Å². The van der Waals surface area contributed by atoms with Crippen LogP contribution in [0.25, 0.3) is 0 Å². The first-order valence-corrected chi connectivity index (χ1v) is 10.2. The van der Waals surface area contributed by atoms with Crippen molar-refractivity contribution in [3.05, 3.63) is 45.8 Å². The number of thiophene rings is 1. The fourth-order valence-corrected chi connectivity index (χ4v) is 5.02. The zero-order chi connectivity index (χ0) is 19.6. The Kier molecular flexibility index (Phi) is 5.57. The highest BCUT2D eigenvalue weighted by atomic mass is 32.1. The van der Waals surface area contributed by atoms with Gasteiger partial charge in [0.1, 0.15) is 16.8 Å². The monoisotopic (exact) mass is 382 g/mol. The van der Waals surface area contributed by atoms with E-state index in [2.05, 4.69) is 32.2 Å². The Labute approximate surface area is 165 Å². The number of hydrogen-bond donors (Lipinski definition) is 1. The largest absolute Gasteiger partial charge is 0.496 e. The van der Waals surface area contributed by atoms with Crippen molar-refractivity contribution in [1.82, 2.24) is 0 Å². The molecule has 142 valence electrons. The summed E-state index contributed by atoms with van der Waals surface area (Å²) in [4.78, 5) is 14.0. The molecule has 0 radical (unpaired) electrons. The van der Waals surface area contributed by atoms with E-state index >= 15 is 0 Å². The number of rotatable bonds is 5. The van der Waals surface area contributed by atoms with Gasteiger partial charge in [-0.25, -0.2) is 0 Å². The number of ether oxygens (including phenoxy) is 1. The summed E-state index contributed by atoms with van der Waals surface area (Å²) in [6, 6.07) is 9.45. The molecule has 1 amide bonds. The quantitative estimate of drug-likeness (QED) is 0.751. The summed E-state index contributed by atoms with van der Waals surface area (Å²) in [5.41, 5.74) is 2.52. The van der Waals surface area contributed by atoms with Gasteiger partial charge in [-0.3, -0.25) is 4.79 Å². The molecule has 1 N–H and O–H groups in total. The van der Waals surface area contributed by atoms with E-state index < -0.39 is 0 Å². The van der Waals surface area contributed by atoms with Crippen molar-refractivity contribution in [2.45, 2.75) is 46.5 Å². The summed E-state index contributed by atoms with van der Waals surface area (Å²) in [6.07, 6.45) is 4.13. The van der Waals surface area contributed by atoms with Gasteiger partial charge in [-0.15, -0.1) is 11.3 Å². The van der Waals surface area contributed by atoms with E-state index in [1.165, 1.54) is 4.88 Å². The topological polar surface area (TPSA) is 62.1 Å². The molecule has 0 fully saturated rings. The second-order valence-electron chi connectivity index (χ2n) is 7.76. The lowest BCUT2D eigenvalue weighted by Gasteiger charge is -2.36. The number of carbonyl (C=O) groups is 1. The maximum absolute atomic E-state index is 12.8. The van der Waals surface area contributed by atoms with Crippen molar-refractivity contribution < 1.29 is 9.53 Å². The van der Waals surface area contributed by atoms with Crippen LogP contribution in [0, 0.1) is 22.7 Å². The van der Waals surface area contributed by atoms with Crippen LogP contribution in [0.15, 0.2) is 24.3 Å².